The largest absolute Gasteiger partial charge is 0.373 e. The van der Waals surface area contributed by atoms with Gasteiger partial charge in [0.05, 0.1) is 0 Å². The Morgan fingerprint density at radius 2 is 2.04 bits per heavy atom. The topological polar surface area (TPSA) is 75.4 Å². The first-order valence-corrected chi connectivity index (χ1v) is 7.71. The summed E-state index contributed by atoms with van der Waals surface area (Å²) in [6, 6.07) is 10.9. The summed E-state index contributed by atoms with van der Waals surface area (Å²) in [5.41, 5.74) is -1.18. The highest BCUT2D eigenvalue weighted by molar-refractivity contribution is 6.16. The van der Waals surface area contributed by atoms with Gasteiger partial charge in [-0.3, -0.25) is 14.3 Å². The van der Waals surface area contributed by atoms with Gasteiger partial charge in [-0.25, -0.2) is 0 Å². The molecule has 6 heteroatoms. The molecule has 120 valence electrons. The van der Waals surface area contributed by atoms with Gasteiger partial charge in [0, 0.05) is 44.0 Å². The van der Waals surface area contributed by atoms with Crippen molar-refractivity contribution in [3.8, 4) is 0 Å². The fraction of sp³-hybridized carbons (Fsp3) is 0.353. The number of Topliss-reactive ketones (excluding diaryl/α,β-unsaturated/α-hetero) is 1. The number of aryl methyl sites for hydroxylation is 1. The van der Waals surface area contributed by atoms with E-state index in [1.807, 2.05) is 30.5 Å². The molecule has 6 nitrogen and oxygen atoms in total. The molecule has 3 rings (SSSR count). The van der Waals surface area contributed by atoms with Crippen molar-refractivity contribution in [1.82, 2.24) is 9.78 Å². The van der Waals surface area contributed by atoms with E-state index in [1.54, 1.807) is 23.0 Å². The third kappa shape index (κ3) is 3.03. The van der Waals surface area contributed by atoms with E-state index in [9.17, 15) is 14.7 Å². The lowest BCUT2D eigenvalue weighted by atomic mass is 9.93. The minimum atomic E-state index is -1.89. The molecule has 1 amide bonds. The summed E-state index contributed by atoms with van der Waals surface area (Å²) in [5.74, 6) is -0.930. The maximum atomic E-state index is 12.5. The zero-order chi connectivity index (χ0) is 16.3. The number of carbonyl (C=O) groups excluding carboxylic acids is 2. The number of aromatic nitrogens is 2. The van der Waals surface area contributed by atoms with Crippen molar-refractivity contribution in [2.75, 3.05) is 11.4 Å². The van der Waals surface area contributed by atoms with Crippen molar-refractivity contribution in [2.45, 2.75) is 31.4 Å². The van der Waals surface area contributed by atoms with Crippen molar-refractivity contribution in [3.63, 3.8) is 0 Å². The second-order valence-corrected chi connectivity index (χ2v) is 5.70. The zero-order valence-corrected chi connectivity index (χ0v) is 12.8. The van der Waals surface area contributed by atoms with Gasteiger partial charge >= 0.3 is 0 Å². The number of anilines is 1. The first-order valence-electron chi connectivity index (χ1n) is 7.71. The number of amides is 1. The maximum absolute atomic E-state index is 12.5. The third-order valence-electron chi connectivity index (χ3n) is 4.18. The SMILES string of the molecule is O=C(CCCn1cccn1)[C@@]1(O)CCN(c2ccccc2)C1=O. The standard InChI is InChI=1S/C17H19N3O3/c21-15(8-4-11-19-12-5-10-18-19)17(23)9-13-20(16(17)22)14-6-2-1-3-7-14/h1-3,5-7,10,12,23H,4,8-9,11,13H2/t17-/m0/s1. The number of benzene rings is 1. The molecule has 0 spiro atoms. The molecule has 1 fully saturated rings. The number of ketones is 1. The van der Waals surface area contributed by atoms with Gasteiger partial charge in [-0.2, -0.15) is 5.10 Å². The normalized spacial score (nSPS) is 20.9. The Bertz CT molecular complexity index is 684. The van der Waals surface area contributed by atoms with E-state index in [2.05, 4.69) is 5.10 Å². The van der Waals surface area contributed by atoms with Crippen LogP contribution in [0.25, 0.3) is 0 Å². The van der Waals surface area contributed by atoms with E-state index in [0.29, 0.717) is 25.2 Å². The Morgan fingerprint density at radius 1 is 1.26 bits per heavy atom. The van der Waals surface area contributed by atoms with Crippen molar-refractivity contribution >= 4 is 17.4 Å². The Morgan fingerprint density at radius 3 is 2.74 bits per heavy atom. The molecule has 23 heavy (non-hydrogen) atoms. The second-order valence-electron chi connectivity index (χ2n) is 5.70. The summed E-state index contributed by atoms with van der Waals surface area (Å²) in [4.78, 5) is 26.3. The number of aliphatic hydroxyl groups is 1. The summed E-state index contributed by atoms with van der Waals surface area (Å²) in [6.45, 7) is 0.940. The molecule has 0 saturated carbocycles. The molecular formula is C17H19N3O3. The average molecular weight is 313 g/mol. The van der Waals surface area contributed by atoms with E-state index in [4.69, 9.17) is 0 Å². The summed E-state index contributed by atoms with van der Waals surface area (Å²) in [7, 11) is 0. The summed E-state index contributed by atoms with van der Waals surface area (Å²) < 4.78 is 1.73. The number of rotatable bonds is 6. The smallest absolute Gasteiger partial charge is 0.266 e. The summed E-state index contributed by atoms with van der Waals surface area (Å²) in [5, 5.41) is 14.6. The summed E-state index contributed by atoms with van der Waals surface area (Å²) in [6.07, 6.45) is 4.33. The molecule has 1 atom stereocenters. The van der Waals surface area contributed by atoms with Crippen molar-refractivity contribution in [1.29, 1.82) is 0 Å². The minimum absolute atomic E-state index is 0.140. The minimum Gasteiger partial charge on any atom is -0.373 e. The molecule has 2 aromatic rings. The van der Waals surface area contributed by atoms with Crippen LogP contribution in [0.5, 0.6) is 0 Å². The van der Waals surface area contributed by atoms with Crippen molar-refractivity contribution in [2.24, 2.45) is 0 Å². The lowest BCUT2D eigenvalue weighted by Crippen LogP contribution is -2.46. The van der Waals surface area contributed by atoms with Crippen LogP contribution in [0.1, 0.15) is 19.3 Å². The molecule has 0 aliphatic carbocycles. The van der Waals surface area contributed by atoms with Gasteiger partial charge in [-0.15, -0.1) is 0 Å². The lowest BCUT2D eigenvalue weighted by Gasteiger charge is -2.21. The van der Waals surface area contributed by atoms with Crippen LogP contribution in [0.4, 0.5) is 5.69 Å². The van der Waals surface area contributed by atoms with Crippen molar-refractivity contribution < 1.29 is 14.7 Å². The van der Waals surface area contributed by atoms with Crippen LogP contribution in [0.3, 0.4) is 0 Å². The van der Waals surface area contributed by atoms with Crippen LogP contribution < -0.4 is 4.90 Å². The molecule has 1 aliphatic rings. The predicted octanol–water partition coefficient (Wildman–Crippen LogP) is 1.40. The maximum Gasteiger partial charge on any atom is 0.266 e. The molecular weight excluding hydrogens is 294 g/mol. The molecule has 0 bridgehead atoms. The van der Waals surface area contributed by atoms with E-state index in [0.717, 1.165) is 0 Å². The van der Waals surface area contributed by atoms with E-state index < -0.39 is 17.3 Å². The Kier molecular flexibility index (Phi) is 4.25. The van der Waals surface area contributed by atoms with E-state index >= 15 is 0 Å². The predicted molar refractivity (Wildman–Crippen MR) is 84.8 cm³/mol. The van der Waals surface area contributed by atoms with Gasteiger partial charge in [-0.1, -0.05) is 18.2 Å². The van der Waals surface area contributed by atoms with Gasteiger partial charge < -0.3 is 10.0 Å². The zero-order valence-electron chi connectivity index (χ0n) is 12.8. The molecule has 1 aromatic heterocycles. The third-order valence-corrected chi connectivity index (χ3v) is 4.18. The van der Waals surface area contributed by atoms with Gasteiger partial charge in [0.2, 0.25) is 5.60 Å². The molecule has 1 N–H and O–H groups in total. The molecule has 2 heterocycles. The Labute approximate surface area is 134 Å². The number of nitrogens with zero attached hydrogens (tertiary/aromatic N) is 3. The number of hydrogen-bond donors (Lipinski definition) is 1. The van der Waals surface area contributed by atoms with E-state index in [1.165, 1.54) is 4.90 Å². The summed E-state index contributed by atoms with van der Waals surface area (Å²) >= 11 is 0. The first-order chi connectivity index (χ1) is 11.1. The van der Waals surface area contributed by atoms with Gasteiger partial charge in [0.25, 0.3) is 5.91 Å². The lowest BCUT2D eigenvalue weighted by molar-refractivity contribution is -0.147. The fourth-order valence-corrected chi connectivity index (χ4v) is 2.86. The number of carbonyl (C=O) groups is 2. The highest BCUT2D eigenvalue weighted by atomic mass is 16.3. The monoisotopic (exact) mass is 313 g/mol. The van der Waals surface area contributed by atoms with Crippen LogP contribution in [0, 0.1) is 0 Å². The Hall–Kier alpha value is -2.47. The average Bonchev–Trinajstić information content (AvgIpc) is 3.18. The highest BCUT2D eigenvalue weighted by Gasteiger charge is 2.50. The molecule has 1 aromatic carbocycles. The highest BCUT2D eigenvalue weighted by Crippen LogP contribution is 2.30. The van der Waals surface area contributed by atoms with Gasteiger partial charge in [0.1, 0.15) is 0 Å². The second kappa shape index (κ2) is 6.34. The molecule has 0 radical (unpaired) electrons. The Balaban J connectivity index is 1.62. The van der Waals surface area contributed by atoms with Gasteiger partial charge in [-0.05, 0) is 24.6 Å². The molecule has 1 saturated heterocycles. The van der Waals surface area contributed by atoms with Crippen LogP contribution >= 0.6 is 0 Å². The molecule has 0 unspecified atom stereocenters. The van der Waals surface area contributed by atoms with Crippen molar-refractivity contribution in [3.05, 3.63) is 48.8 Å². The van der Waals surface area contributed by atoms with Crippen LogP contribution in [0.15, 0.2) is 48.8 Å². The van der Waals surface area contributed by atoms with Crippen LogP contribution in [0.2, 0.25) is 0 Å². The van der Waals surface area contributed by atoms with Gasteiger partial charge in [0.15, 0.2) is 5.78 Å². The van der Waals surface area contributed by atoms with E-state index in [-0.39, 0.29) is 12.8 Å². The first kappa shape index (κ1) is 15.4. The quantitative estimate of drug-likeness (QED) is 0.818. The number of hydrogen-bond acceptors (Lipinski definition) is 4. The van der Waals surface area contributed by atoms with Crippen LogP contribution in [-0.4, -0.2) is 38.7 Å². The van der Waals surface area contributed by atoms with Crippen LogP contribution in [-0.2, 0) is 16.1 Å². The number of para-hydroxylation sites is 1. The molecule has 1 aliphatic heterocycles. The fourth-order valence-electron chi connectivity index (χ4n) is 2.86.